The van der Waals surface area contributed by atoms with Gasteiger partial charge in [0.05, 0.1) is 13.7 Å². The molecule has 5 nitrogen and oxygen atoms in total. The summed E-state index contributed by atoms with van der Waals surface area (Å²) in [5, 5.41) is 4.46. The summed E-state index contributed by atoms with van der Waals surface area (Å²) < 4.78 is 4.69. The molecule has 0 radical (unpaired) electrons. The number of rotatable bonds is 4. The first-order valence-electron chi connectivity index (χ1n) is 6.16. The first-order valence-corrected chi connectivity index (χ1v) is 7.04. The van der Waals surface area contributed by atoms with Gasteiger partial charge in [-0.2, -0.15) is 0 Å². The van der Waals surface area contributed by atoms with Crippen molar-refractivity contribution in [2.45, 2.75) is 19.9 Å². The van der Waals surface area contributed by atoms with Gasteiger partial charge in [-0.25, -0.2) is 4.79 Å². The van der Waals surface area contributed by atoms with E-state index in [-0.39, 0.29) is 18.4 Å². The van der Waals surface area contributed by atoms with Crippen LogP contribution < -0.4 is 11.1 Å². The van der Waals surface area contributed by atoms with E-state index in [4.69, 9.17) is 10.5 Å². The van der Waals surface area contributed by atoms with E-state index in [9.17, 15) is 9.59 Å². The van der Waals surface area contributed by atoms with Crippen LogP contribution in [0.4, 0.5) is 0 Å². The van der Waals surface area contributed by atoms with E-state index in [1.165, 1.54) is 18.4 Å². The monoisotopic (exact) mass is 294 g/mol. The Balaban J connectivity index is 2.90. The Kier molecular flexibility index (Phi) is 6.22. The summed E-state index contributed by atoms with van der Waals surface area (Å²) in [6, 6.07) is 1.08. The van der Waals surface area contributed by atoms with Crippen LogP contribution in [-0.2, 0) is 9.53 Å². The van der Waals surface area contributed by atoms with Gasteiger partial charge in [-0.05, 0) is 17.4 Å². The molecule has 1 rings (SSSR count). The fourth-order valence-corrected chi connectivity index (χ4v) is 2.31. The van der Waals surface area contributed by atoms with Crippen LogP contribution in [0.25, 0.3) is 0 Å². The maximum atomic E-state index is 12.2. The molecule has 0 aliphatic carbocycles. The van der Waals surface area contributed by atoms with Crippen LogP contribution >= 0.6 is 11.3 Å². The van der Waals surface area contributed by atoms with E-state index in [1.54, 1.807) is 11.4 Å². The standard InChI is InChI=1S/C14H18N2O3S/c1-9(2)11(14(18)19-3)16-13(17)12-10(5-4-7-15)6-8-20-12/h6,8-9,11H,7,15H2,1-3H3,(H,16,17). The van der Waals surface area contributed by atoms with Crippen molar-refractivity contribution in [2.24, 2.45) is 11.7 Å². The van der Waals surface area contributed by atoms with Crippen molar-refractivity contribution in [1.29, 1.82) is 0 Å². The zero-order valence-corrected chi connectivity index (χ0v) is 12.5. The number of esters is 1. The van der Waals surface area contributed by atoms with Crippen LogP contribution in [0, 0.1) is 17.8 Å². The lowest BCUT2D eigenvalue weighted by Crippen LogP contribution is -2.44. The molecular formula is C14H18N2O3S. The third-order valence-electron chi connectivity index (χ3n) is 2.60. The predicted octanol–water partition coefficient (Wildman–Crippen LogP) is 0.986. The summed E-state index contributed by atoms with van der Waals surface area (Å²) in [7, 11) is 1.30. The van der Waals surface area contributed by atoms with E-state index in [2.05, 4.69) is 17.2 Å². The van der Waals surface area contributed by atoms with Crippen molar-refractivity contribution >= 4 is 23.2 Å². The summed E-state index contributed by atoms with van der Waals surface area (Å²) in [4.78, 5) is 24.3. The number of nitrogens with two attached hydrogens (primary N) is 1. The highest BCUT2D eigenvalue weighted by Crippen LogP contribution is 2.16. The Morgan fingerprint density at radius 1 is 1.50 bits per heavy atom. The van der Waals surface area contributed by atoms with Crippen LogP contribution in [0.5, 0.6) is 0 Å². The Morgan fingerprint density at radius 2 is 2.20 bits per heavy atom. The first kappa shape index (κ1) is 16.2. The van der Waals surface area contributed by atoms with Crippen molar-refractivity contribution in [1.82, 2.24) is 5.32 Å². The number of methoxy groups -OCH3 is 1. The molecule has 20 heavy (non-hydrogen) atoms. The second kappa shape index (κ2) is 7.68. The molecule has 0 aliphatic rings. The second-order valence-corrected chi connectivity index (χ2v) is 5.30. The van der Waals surface area contributed by atoms with Gasteiger partial charge in [0.25, 0.3) is 5.91 Å². The Hall–Kier alpha value is -1.84. The van der Waals surface area contributed by atoms with Gasteiger partial charge in [0, 0.05) is 5.56 Å². The molecule has 0 saturated carbocycles. The van der Waals surface area contributed by atoms with Gasteiger partial charge in [-0.1, -0.05) is 25.7 Å². The van der Waals surface area contributed by atoms with E-state index in [0.29, 0.717) is 10.4 Å². The third kappa shape index (κ3) is 4.08. The van der Waals surface area contributed by atoms with Crippen LogP contribution in [-0.4, -0.2) is 31.6 Å². The maximum Gasteiger partial charge on any atom is 0.328 e. The number of carbonyl (C=O) groups excluding carboxylic acids is 2. The molecule has 1 unspecified atom stereocenters. The molecule has 0 fully saturated rings. The number of ether oxygens (including phenoxy) is 1. The first-order chi connectivity index (χ1) is 9.51. The van der Waals surface area contributed by atoms with E-state index < -0.39 is 12.0 Å². The van der Waals surface area contributed by atoms with E-state index in [0.717, 1.165) is 0 Å². The normalized spacial score (nSPS) is 11.4. The van der Waals surface area contributed by atoms with Crippen molar-refractivity contribution < 1.29 is 14.3 Å². The van der Waals surface area contributed by atoms with Crippen LogP contribution in [0.2, 0.25) is 0 Å². The molecule has 1 amide bonds. The van der Waals surface area contributed by atoms with Crippen LogP contribution in [0.1, 0.15) is 29.1 Å². The summed E-state index contributed by atoms with van der Waals surface area (Å²) in [5.74, 6) is 4.69. The number of hydrogen-bond donors (Lipinski definition) is 2. The Labute approximate surface area is 122 Å². The minimum absolute atomic E-state index is 0.0649. The average molecular weight is 294 g/mol. The molecule has 0 spiro atoms. The van der Waals surface area contributed by atoms with Gasteiger partial charge in [-0.15, -0.1) is 11.3 Å². The lowest BCUT2D eigenvalue weighted by atomic mass is 10.0. The molecule has 1 aromatic heterocycles. The number of amides is 1. The number of hydrogen-bond acceptors (Lipinski definition) is 5. The molecule has 1 atom stereocenters. The predicted molar refractivity (Wildman–Crippen MR) is 78.4 cm³/mol. The molecule has 108 valence electrons. The number of nitrogens with one attached hydrogen (secondary N) is 1. The summed E-state index contributed by atoms with van der Waals surface area (Å²) in [6.07, 6.45) is 0. The molecule has 0 bridgehead atoms. The van der Waals surface area contributed by atoms with E-state index in [1.807, 2.05) is 13.8 Å². The minimum atomic E-state index is -0.676. The van der Waals surface area contributed by atoms with Gasteiger partial charge in [-0.3, -0.25) is 4.79 Å². The summed E-state index contributed by atoms with van der Waals surface area (Å²) >= 11 is 1.27. The van der Waals surface area contributed by atoms with Gasteiger partial charge in [0.15, 0.2) is 0 Å². The zero-order chi connectivity index (χ0) is 15.1. The number of thiophene rings is 1. The molecule has 0 aliphatic heterocycles. The highest BCUT2D eigenvalue weighted by atomic mass is 32.1. The van der Waals surface area contributed by atoms with Crippen LogP contribution in [0.15, 0.2) is 11.4 Å². The SMILES string of the molecule is COC(=O)C(NC(=O)c1sccc1C#CCN)C(C)C. The van der Waals surface area contributed by atoms with Crippen LogP contribution in [0.3, 0.4) is 0 Å². The van der Waals surface area contributed by atoms with Crippen molar-refractivity contribution in [3.63, 3.8) is 0 Å². The largest absolute Gasteiger partial charge is 0.467 e. The number of carbonyl (C=O) groups is 2. The highest BCUT2D eigenvalue weighted by molar-refractivity contribution is 7.12. The van der Waals surface area contributed by atoms with E-state index >= 15 is 0 Å². The molecular weight excluding hydrogens is 276 g/mol. The topological polar surface area (TPSA) is 81.4 Å². The molecule has 1 aromatic rings. The van der Waals surface area contributed by atoms with Gasteiger partial charge < -0.3 is 15.8 Å². The van der Waals surface area contributed by atoms with Gasteiger partial charge in [0.2, 0.25) is 0 Å². The molecule has 3 N–H and O–H groups in total. The van der Waals surface area contributed by atoms with Crippen molar-refractivity contribution in [3.8, 4) is 11.8 Å². The molecule has 1 heterocycles. The fraction of sp³-hybridized carbons (Fsp3) is 0.429. The maximum absolute atomic E-state index is 12.2. The summed E-state index contributed by atoms with van der Waals surface area (Å²) in [6.45, 7) is 3.91. The minimum Gasteiger partial charge on any atom is -0.467 e. The smallest absolute Gasteiger partial charge is 0.328 e. The lowest BCUT2D eigenvalue weighted by Gasteiger charge is -2.19. The Morgan fingerprint density at radius 3 is 2.75 bits per heavy atom. The van der Waals surface area contributed by atoms with Gasteiger partial charge >= 0.3 is 5.97 Å². The molecule has 0 saturated heterocycles. The fourth-order valence-electron chi connectivity index (χ4n) is 1.56. The van der Waals surface area contributed by atoms with Crippen molar-refractivity contribution in [3.05, 3.63) is 21.9 Å². The lowest BCUT2D eigenvalue weighted by molar-refractivity contribution is -0.144. The second-order valence-electron chi connectivity index (χ2n) is 4.39. The molecule has 6 heteroatoms. The summed E-state index contributed by atoms with van der Waals surface area (Å²) in [5.41, 5.74) is 5.93. The zero-order valence-electron chi connectivity index (χ0n) is 11.7. The molecule has 0 aromatic carbocycles. The highest BCUT2D eigenvalue weighted by Gasteiger charge is 2.26. The van der Waals surface area contributed by atoms with Crippen molar-refractivity contribution in [2.75, 3.05) is 13.7 Å². The Bertz CT molecular complexity index is 540. The quantitative estimate of drug-likeness (QED) is 0.641. The third-order valence-corrected chi connectivity index (χ3v) is 3.52. The van der Waals surface area contributed by atoms with Gasteiger partial charge in [0.1, 0.15) is 10.9 Å². The average Bonchev–Trinajstić information content (AvgIpc) is 2.89.